The van der Waals surface area contributed by atoms with Gasteiger partial charge in [-0.1, -0.05) is 0 Å². The Labute approximate surface area is 125 Å². The number of aliphatic carboxylic acids is 1. The number of nitrogens with zero attached hydrogens (tertiary/aromatic N) is 3. The average Bonchev–Trinajstić information content (AvgIpc) is 2.92. The van der Waals surface area contributed by atoms with Crippen LogP contribution in [0.2, 0.25) is 0 Å². The number of amides is 2. The summed E-state index contributed by atoms with van der Waals surface area (Å²) in [6, 6.07) is -0.120. The molecule has 0 aliphatic carbocycles. The van der Waals surface area contributed by atoms with E-state index < -0.39 is 11.9 Å². The van der Waals surface area contributed by atoms with Gasteiger partial charge in [0.05, 0.1) is 19.3 Å². The van der Waals surface area contributed by atoms with E-state index in [9.17, 15) is 14.7 Å². The fourth-order valence-electron chi connectivity index (χ4n) is 3.00. The molecule has 0 aromatic heterocycles. The second-order valence-electron chi connectivity index (χ2n) is 5.89. The van der Waals surface area contributed by atoms with Gasteiger partial charge in [0.2, 0.25) is 0 Å². The van der Waals surface area contributed by atoms with Gasteiger partial charge in [0.1, 0.15) is 5.92 Å². The Kier molecular flexibility index (Phi) is 5.05. The van der Waals surface area contributed by atoms with Crippen LogP contribution in [-0.4, -0.2) is 90.3 Å². The molecule has 0 radical (unpaired) electrons. The monoisotopic (exact) mass is 299 g/mol. The lowest BCUT2D eigenvalue weighted by atomic mass is 10.0. The van der Waals surface area contributed by atoms with Gasteiger partial charge < -0.3 is 24.5 Å². The van der Waals surface area contributed by atoms with Crippen LogP contribution in [0.1, 0.15) is 13.8 Å². The molecule has 2 heterocycles. The molecule has 7 heteroatoms. The van der Waals surface area contributed by atoms with Gasteiger partial charge in [-0.2, -0.15) is 0 Å². The number of piperazine rings is 1. The van der Waals surface area contributed by atoms with Gasteiger partial charge in [-0.15, -0.1) is 0 Å². The molecule has 3 unspecified atom stereocenters. The standard InChI is InChI=1S/C14H25N3O4/c1-4-17(12-9-21-8-11(12)13(18)19)14(20)16-6-5-15(3)10(2)7-16/h10-12H,4-9H2,1-3H3,(H,18,19). The van der Waals surface area contributed by atoms with E-state index in [2.05, 4.69) is 18.9 Å². The zero-order chi connectivity index (χ0) is 15.6. The van der Waals surface area contributed by atoms with E-state index in [0.29, 0.717) is 32.3 Å². The van der Waals surface area contributed by atoms with Crippen LogP contribution in [0.25, 0.3) is 0 Å². The molecule has 2 saturated heterocycles. The Morgan fingerprint density at radius 1 is 1.33 bits per heavy atom. The van der Waals surface area contributed by atoms with Gasteiger partial charge in [-0.25, -0.2) is 4.79 Å². The van der Waals surface area contributed by atoms with Crippen molar-refractivity contribution in [2.24, 2.45) is 5.92 Å². The highest BCUT2D eigenvalue weighted by Crippen LogP contribution is 2.22. The summed E-state index contributed by atoms with van der Waals surface area (Å²) >= 11 is 0. The van der Waals surface area contributed by atoms with Crippen LogP contribution in [0.15, 0.2) is 0 Å². The van der Waals surface area contributed by atoms with Crippen molar-refractivity contribution >= 4 is 12.0 Å². The smallest absolute Gasteiger partial charge is 0.320 e. The van der Waals surface area contributed by atoms with Gasteiger partial charge in [-0.3, -0.25) is 4.79 Å². The van der Waals surface area contributed by atoms with E-state index in [-0.39, 0.29) is 18.7 Å². The van der Waals surface area contributed by atoms with Crippen molar-refractivity contribution in [3.63, 3.8) is 0 Å². The van der Waals surface area contributed by atoms with Crippen LogP contribution in [0.5, 0.6) is 0 Å². The number of rotatable bonds is 3. The number of urea groups is 1. The van der Waals surface area contributed by atoms with Crippen molar-refractivity contribution in [1.82, 2.24) is 14.7 Å². The number of hydrogen-bond donors (Lipinski definition) is 1. The second-order valence-corrected chi connectivity index (χ2v) is 5.89. The third-order valence-corrected chi connectivity index (χ3v) is 4.58. The molecule has 7 nitrogen and oxygen atoms in total. The van der Waals surface area contributed by atoms with Crippen LogP contribution in [-0.2, 0) is 9.53 Å². The number of ether oxygens (including phenoxy) is 1. The second kappa shape index (κ2) is 6.62. The van der Waals surface area contributed by atoms with Crippen molar-refractivity contribution in [3.8, 4) is 0 Å². The molecule has 2 fully saturated rings. The zero-order valence-electron chi connectivity index (χ0n) is 13.0. The summed E-state index contributed by atoms with van der Waals surface area (Å²) in [5.74, 6) is -1.52. The first-order valence-electron chi connectivity index (χ1n) is 7.52. The van der Waals surface area contributed by atoms with Crippen LogP contribution in [0.4, 0.5) is 4.79 Å². The molecule has 0 saturated carbocycles. The van der Waals surface area contributed by atoms with Crippen molar-refractivity contribution < 1.29 is 19.4 Å². The minimum absolute atomic E-state index is 0.0702. The maximum absolute atomic E-state index is 12.7. The van der Waals surface area contributed by atoms with Crippen LogP contribution in [0.3, 0.4) is 0 Å². The van der Waals surface area contributed by atoms with E-state index in [0.717, 1.165) is 6.54 Å². The molecule has 3 atom stereocenters. The molecule has 2 aliphatic rings. The molecule has 2 rings (SSSR count). The summed E-state index contributed by atoms with van der Waals surface area (Å²) in [4.78, 5) is 29.7. The highest BCUT2D eigenvalue weighted by molar-refractivity contribution is 5.77. The summed E-state index contributed by atoms with van der Waals surface area (Å²) in [7, 11) is 2.05. The van der Waals surface area contributed by atoms with E-state index in [1.54, 1.807) is 4.90 Å². The maximum Gasteiger partial charge on any atom is 0.320 e. The number of likely N-dealkylation sites (N-methyl/N-ethyl adjacent to an activating group) is 2. The molecule has 2 aliphatic heterocycles. The first kappa shape index (κ1) is 16.0. The lowest BCUT2D eigenvalue weighted by Gasteiger charge is -2.41. The largest absolute Gasteiger partial charge is 0.481 e. The molecule has 1 N–H and O–H groups in total. The van der Waals surface area contributed by atoms with Crippen LogP contribution in [0, 0.1) is 5.92 Å². The maximum atomic E-state index is 12.7. The summed E-state index contributed by atoms with van der Waals surface area (Å²) in [5.41, 5.74) is 0. The number of carboxylic acid groups (broad SMARTS) is 1. The molecule has 0 aromatic carbocycles. The molecule has 0 aromatic rings. The van der Waals surface area contributed by atoms with Gasteiger partial charge in [0, 0.05) is 32.2 Å². The van der Waals surface area contributed by atoms with Crippen molar-refractivity contribution in [2.75, 3.05) is 46.4 Å². The molecule has 21 heavy (non-hydrogen) atoms. The Hall–Kier alpha value is -1.34. The van der Waals surface area contributed by atoms with E-state index in [1.807, 2.05) is 11.8 Å². The van der Waals surface area contributed by atoms with E-state index in [4.69, 9.17) is 4.74 Å². The predicted octanol–water partition coefficient (Wildman–Crippen LogP) is 0.164. The number of hydrogen-bond acceptors (Lipinski definition) is 4. The highest BCUT2D eigenvalue weighted by Gasteiger charge is 2.41. The van der Waals surface area contributed by atoms with E-state index >= 15 is 0 Å². The summed E-state index contributed by atoms with van der Waals surface area (Å²) in [5, 5.41) is 9.26. The van der Waals surface area contributed by atoms with Crippen molar-refractivity contribution in [3.05, 3.63) is 0 Å². The SMILES string of the molecule is CCN(C(=O)N1CCN(C)C(C)C1)C1COCC1C(=O)O. The third-order valence-electron chi connectivity index (χ3n) is 4.58. The Morgan fingerprint density at radius 2 is 2.05 bits per heavy atom. The third kappa shape index (κ3) is 3.29. The number of carboxylic acids is 1. The topological polar surface area (TPSA) is 73.3 Å². The summed E-state index contributed by atoms with van der Waals surface area (Å²) < 4.78 is 5.29. The minimum Gasteiger partial charge on any atom is -0.481 e. The lowest BCUT2D eigenvalue weighted by Crippen LogP contribution is -2.58. The molecule has 0 spiro atoms. The van der Waals surface area contributed by atoms with Crippen LogP contribution < -0.4 is 0 Å². The van der Waals surface area contributed by atoms with Crippen LogP contribution >= 0.6 is 0 Å². The van der Waals surface area contributed by atoms with E-state index in [1.165, 1.54) is 0 Å². The predicted molar refractivity (Wildman–Crippen MR) is 77.2 cm³/mol. The molecular formula is C14H25N3O4. The van der Waals surface area contributed by atoms with Gasteiger partial charge in [-0.05, 0) is 20.9 Å². The number of carbonyl (C=O) groups excluding carboxylic acids is 1. The Morgan fingerprint density at radius 3 is 2.62 bits per heavy atom. The fraction of sp³-hybridized carbons (Fsp3) is 0.857. The first-order chi connectivity index (χ1) is 9.95. The minimum atomic E-state index is -0.893. The Balaban J connectivity index is 2.06. The Bertz CT molecular complexity index is 404. The average molecular weight is 299 g/mol. The van der Waals surface area contributed by atoms with Crippen molar-refractivity contribution in [1.29, 1.82) is 0 Å². The van der Waals surface area contributed by atoms with Gasteiger partial charge >= 0.3 is 12.0 Å². The molecule has 120 valence electrons. The fourth-order valence-corrected chi connectivity index (χ4v) is 3.00. The van der Waals surface area contributed by atoms with Gasteiger partial charge in [0.15, 0.2) is 0 Å². The first-order valence-corrected chi connectivity index (χ1v) is 7.52. The summed E-state index contributed by atoms with van der Waals surface area (Å²) in [6.45, 7) is 7.16. The van der Waals surface area contributed by atoms with Crippen molar-refractivity contribution in [2.45, 2.75) is 25.9 Å². The summed E-state index contributed by atoms with van der Waals surface area (Å²) in [6.07, 6.45) is 0. The zero-order valence-corrected chi connectivity index (χ0v) is 13.0. The molecular weight excluding hydrogens is 274 g/mol. The lowest BCUT2D eigenvalue weighted by molar-refractivity contribution is -0.142. The number of carbonyl (C=O) groups is 2. The molecule has 2 amide bonds. The van der Waals surface area contributed by atoms with Gasteiger partial charge in [0.25, 0.3) is 0 Å². The molecule has 0 bridgehead atoms. The normalized spacial score (nSPS) is 30.4. The highest BCUT2D eigenvalue weighted by atomic mass is 16.5. The quantitative estimate of drug-likeness (QED) is 0.804.